The fourth-order valence-electron chi connectivity index (χ4n) is 3.75. The van der Waals surface area contributed by atoms with E-state index in [-0.39, 0.29) is 12.6 Å². The lowest BCUT2D eigenvalue weighted by Crippen LogP contribution is -2.49. The van der Waals surface area contributed by atoms with Crippen molar-refractivity contribution in [3.8, 4) is 0 Å². The highest BCUT2D eigenvalue weighted by Crippen LogP contribution is 2.24. The van der Waals surface area contributed by atoms with Crippen LogP contribution in [-0.4, -0.2) is 75.5 Å². The second kappa shape index (κ2) is 11.3. The van der Waals surface area contributed by atoms with Gasteiger partial charge in [0.05, 0.1) is 6.04 Å². The van der Waals surface area contributed by atoms with E-state index in [1.165, 1.54) is 0 Å². The van der Waals surface area contributed by atoms with Crippen LogP contribution in [0.4, 0.5) is 5.69 Å². The van der Waals surface area contributed by atoms with Crippen molar-refractivity contribution in [2.45, 2.75) is 12.6 Å². The second-order valence-electron chi connectivity index (χ2n) is 8.33. The first kappa shape index (κ1) is 24.0. The number of rotatable bonds is 7. The molecule has 7 nitrogen and oxygen atoms in total. The molecule has 1 heterocycles. The molecule has 1 aliphatic rings. The lowest BCUT2D eigenvalue weighted by molar-refractivity contribution is -0.139. The number of piperazine rings is 1. The van der Waals surface area contributed by atoms with E-state index in [0.29, 0.717) is 11.6 Å². The number of hydrogen-bond acceptors (Lipinski definition) is 5. The van der Waals surface area contributed by atoms with Gasteiger partial charge < -0.3 is 20.4 Å². The van der Waals surface area contributed by atoms with Crippen LogP contribution in [-0.2, 0) is 16.1 Å². The third-order valence-electron chi connectivity index (χ3n) is 5.83. The minimum Gasteiger partial charge on any atom is -0.378 e. The summed E-state index contributed by atoms with van der Waals surface area (Å²) in [6.45, 7) is 4.33. The van der Waals surface area contributed by atoms with Crippen molar-refractivity contribution in [2.75, 3.05) is 58.8 Å². The lowest BCUT2D eigenvalue weighted by Gasteiger charge is -2.38. The first-order valence-corrected chi connectivity index (χ1v) is 11.2. The predicted octanol–water partition coefficient (Wildman–Crippen LogP) is 2.13. The van der Waals surface area contributed by atoms with Crippen molar-refractivity contribution in [1.29, 1.82) is 0 Å². The van der Waals surface area contributed by atoms with Crippen LogP contribution in [0.3, 0.4) is 0 Å². The highest BCUT2D eigenvalue weighted by atomic mass is 35.5. The molecule has 1 fully saturated rings. The zero-order valence-corrected chi connectivity index (χ0v) is 19.7. The van der Waals surface area contributed by atoms with Gasteiger partial charge in [0.15, 0.2) is 0 Å². The Hall–Kier alpha value is -2.61. The number of nitrogens with one attached hydrogen (secondary N) is 2. The molecule has 2 amide bonds. The van der Waals surface area contributed by atoms with E-state index in [0.717, 1.165) is 43.0 Å². The van der Waals surface area contributed by atoms with Gasteiger partial charge in [0.1, 0.15) is 0 Å². The van der Waals surface area contributed by atoms with Gasteiger partial charge in [0.25, 0.3) is 0 Å². The number of carbonyl (C=O) groups excluding carboxylic acids is 2. The van der Waals surface area contributed by atoms with Gasteiger partial charge in [-0.3, -0.25) is 14.5 Å². The van der Waals surface area contributed by atoms with E-state index >= 15 is 0 Å². The number of likely N-dealkylation sites (N-methyl/N-ethyl adjacent to an activating group) is 1. The fourth-order valence-corrected chi connectivity index (χ4v) is 3.96. The summed E-state index contributed by atoms with van der Waals surface area (Å²) in [5.74, 6) is -1.30. The van der Waals surface area contributed by atoms with E-state index in [2.05, 4.69) is 56.6 Å². The Kier molecular flexibility index (Phi) is 8.50. The molecule has 8 heteroatoms. The Morgan fingerprint density at radius 1 is 0.969 bits per heavy atom. The van der Waals surface area contributed by atoms with Gasteiger partial charge in [-0.1, -0.05) is 41.9 Å². The van der Waals surface area contributed by atoms with Crippen molar-refractivity contribution < 1.29 is 9.59 Å². The molecule has 172 valence electrons. The number of nitrogens with zero attached hydrogens (tertiary/aromatic N) is 3. The molecule has 0 aliphatic carbocycles. The van der Waals surface area contributed by atoms with Crippen LogP contribution in [0.15, 0.2) is 48.5 Å². The largest absolute Gasteiger partial charge is 0.378 e. The molecule has 3 rings (SSSR count). The zero-order chi connectivity index (χ0) is 23.1. The Morgan fingerprint density at radius 3 is 2.22 bits per heavy atom. The lowest BCUT2D eigenvalue weighted by atomic mass is 10.0. The molecule has 0 saturated carbocycles. The molecule has 1 saturated heterocycles. The molecule has 1 atom stereocenters. The molecule has 0 spiro atoms. The van der Waals surface area contributed by atoms with Gasteiger partial charge >= 0.3 is 11.8 Å². The van der Waals surface area contributed by atoms with Crippen LogP contribution in [0.25, 0.3) is 0 Å². The summed E-state index contributed by atoms with van der Waals surface area (Å²) < 4.78 is 0. The Bertz CT molecular complexity index is 911. The molecule has 0 bridgehead atoms. The molecule has 2 aromatic rings. The van der Waals surface area contributed by atoms with Gasteiger partial charge in [-0.25, -0.2) is 0 Å². The Balaban J connectivity index is 1.63. The number of carbonyl (C=O) groups is 2. The van der Waals surface area contributed by atoms with Crippen molar-refractivity contribution in [2.24, 2.45) is 0 Å². The summed E-state index contributed by atoms with van der Waals surface area (Å²) in [5.41, 5.74) is 3.01. The van der Waals surface area contributed by atoms with Gasteiger partial charge in [0.2, 0.25) is 0 Å². The van der Waals surface area contributed by atoms with Crippen LogP contribution in [0.2, 0.25) is 5.02 Å². The highest BCUT2D eigenvalue weighted by molar-refractivity contribution is 6.35. The number of benzene rings is 2. The highest BCUT2D eigenvalue weighted by Gasteiger charge is 2.25. The topological polar surface area (TPSA) is 67.9 Å². The van der Waals surface area contributed by atoms with Crippen molar-refractivity contribution in [1.82, 2.24) is 20.4 Å². The quantitative estimate of drug-likeness (QED) is 0.623. The summed E-state index contributed by atoms with van der Waals surface area (Å²) in [5, 5.41) is 6.03. The average Bonchev–Trinajstić information content (AvgIpc) is 2.79. The van der Waals surface area contributed by atoms with Crippen LogP contribution < -0.4 is 15.5 Å². The number of hydrogen-bond donors (Lipinski definition) is 2. The van der Waals surface area contributed by atoms with E-state index in [1.54, 1.807) is 6.07 Å². The standard InChI is InChI=1S/C24H32ClN5O2/c1-28(2)20-10-8-18(9-11-20)22(30-14-12-29(3)13-15-30)17-27-24(32)23(31)26-16-19-6-4-5-7-21(19)25/h4-11,22H,12-17H2,1-3H3,(H,26,31)(H,27,32)/t22-/m0/s1. The van der Waals surface area contributed by atoms with Gasteiger partial charge in [0, 0.05) is 64.1 Å². The maximum Gasteiger partial charge on any atom is 0.309 e. The third kappa shape index (κ3) is 6.45. The summed E-state index contributed by atoms with van der Waals surface area (Å²) in [6, 6.07) is 15.6. The van der Waals surface area contributed by atoms with E-state index in [4.69, 9.17) is 11.6 Å². The number of halogens is 1. The minimum atomic E-state index is -0.662. The smallest absolute Gasteiger partial charge is 0.309 e. The molecule has 0 unspecified atom stereocenters. The van der Waals surface area contributed by atoms with Crippen molar-refractivity contribution >= 4 is 29.1 Å². The van der Waals surface area contributed by atoms with Crippen LogP contribution in [0, 0.1) is 0 Å². The summed E-state index contributed by atoms with van der Waals surface area (Å²) in [7, 11) is 6.13. The van der Waals surface area contributed by atoms with Crippen LogP contribution in [0.5, 0.6) is 0 Å². The molecule has 0 aromatic heterocycles. The first-order valence-electron chi connectivity index (χ1n) is 10.8. The molecule has 0 radical (unpaired) electrons. The first-order chi connectivity index (χ1) is 15.3. The molecule has 32 heavy (non-hydrogen) atoms. The summed E-state index contributed by atoms with van der Waals surface area (Å²) in [4.78, 5) is 31.5. The van der Waals surface area contributed by atoms with E-state index < -0.39 is 11.8 Å². The molecule has 2 N–H and O–H groups in total. The van der Waals surface area contributed by atoms with E-state index in [9.17, 15) is 9.59 Å². The molecule has 1 aliphatic heterocycles. The maximum absolute atomic E-state index is 12.5. The van der Waals surface area contributed by atoms with E-state index in [1.807, 2.05) is 32.3 Å². The predicted molar refractivity (Wildman–Crippen MR) is 129 cm³/mol. The monoisotopic (exact) mass is 457 g/mol. The van der Waals surface area contributed by atoms with Crippen molar-refractivity contribution in [3.63, 3.8) is 0 Å². The third-order valence-corrected chi connectivity index (χ3v) is 6.20. The average molecular weight is 458 g/mol. The summed E-state index contributed by atoms with van der Waals surface area (Å²) in [6.07, 6.45) is 0. The summed E-state index contributed by atoms with van der Waals surface area (Å²) >= 11 is 6.12. The molecule has 2 aromatic carbocycles. The number of anilines is 1. The normalized spacial score (nSPS) is 15.8. The maximum atomic E-state index is 12.5. The minimum absolute atomic E-state index is 0.000213. The number of amides is 2. The Morgan fingerprint density at radius 2 is 1.59 bits per heavy atom. The second-order valence-corrected chi connectivity index (χ2v) is 8.73. The van der Waals surface area contributed by atoms with Gasteiger partial charge in [-0.2, -0.15) is 0 Å². The van der Waals surface area contributed by atoms with Gasteiger partial charge in [-0.05, 0) is 36.4 Å². The molecular formula is C24H32ClN5O2. The molecular weight excluding hydrogens is 426 g/mol. The zero-order valence-electron chi connectivity index (χ0n) is 19.0. The van der Waals surface area contributed by atoms with Crippen molar-refractivity contribution in [3.05, 3.63) is 64.7 Å². The van der Waals surface area contributed by atoms with Crippen LogP contribution >= 0.6 is 11.6 Å². The SMILES string of the molecule is CN1CCN([C@@H](CNC(=O)C(=O)NCc2ccccc2Cl)c2ccc(N(C)C)cc2)CC1. The fraction of sp³-hybridized carbons (Fsp3) is 0.417. The van der Waals surface area contributed by atoms with Gasteiger partial charge in [-0.15, -0.1) is 0 Å². The Labute approximate surface area is 195 Å². The van der Waals surface area contributed by atoms with Crippen LogP contribution in [0.1, 0.15) is 17.2 Å².